The van der Waals surface area contributed by atoms with E-state index in [2.05, 4.69) is 11.2 Å². The highest BCUT2D eigenvalue weighted by Crippen LogP contribution is 2.24. The predicted molar refractivity (Wildman–Crippen MR) is 95.0 cm³/mol. The number of benzene rings is 2. The van der Waals surface area contributed by atoms with E-state index in [0.29, 0.717) is 16.9 Å². The van der Waals surface area contributed by atoms with Crippen LogP contribution in [0.15, 0.2) is 65.2 Å². The average molecular weight is 331 g/mol. The number of nitrogens with zero attached hydrogens (tertiary/aromatic N) is 3. The van der Waals surface area contributed by atoms with Crippen LogP contribution >= 0.6 is 0 Å². The Morgan fingerprint density at radius 1 is 1.12 bits per heavy atom. The molecule has 0 radical (unpaired) electrons. The van der Waals surface area contributed by atoms with E-state index in [1.54, 1.807) is 35.2 Å². The minimum absolute atomic E-state index is 0.105. The number of hydrogen-bond donors (Lipinski definition) is 0. The molecule has 124 valence electrons. The lowest BCUT2D eigenvalue weighted by atomic mass is 10.1. The van der Waals surface area contributed by atoms with Crippen molar-refractivity contribution < 1.29 is 9.32 Å². The second-order valence-corrected chi connectivity index (χ2v) is 5.87. The monoisotopic (exact) mass is 331 g/mol. The molecule has 0 bridgehead atoms. The largest absolute Gasteiger partial charge is 0.350 e. The van der Waals surface area contributed by atoms with Gasteiger partial charge in [-0.2, -0.15) is 5.26 Å². The minimum Gasteiger partial charge on any atom is -0.350 e. The standard InChI is InChI=1S/C20H17N3O2/c1-14(2)23(17-10-6-7-15(11-17)13-21)20(24)19-12-18(22-25-19)16-8-4-3-5-9-16/h3-12,14H,1-2H3. The molecule has 0 aliphatic carbocycles. The van der Waals surface area contributed by atoms with Crippen molar-refractivity contribution in [3.8, 4) is 17.3 Å². The van der Waals surface area contributed by atoms with Gasteiger partial charge in [0.2, 0.25) is 5.76 Å². The zero-order valence-electron chi connectivity index (χ0n) is 14.0. The van der Waals surface area contributed by atoms with E-state index in [9.17, 15) is 4.79 Å². The van der Waals surface area contributed by atoms with Gasteiger partial charge in [0.25, 0.3) is 5.91 Å². The SMILES string of the molecule is CC(C)N(C(=O)c1cc(-c2ccccc2)no1)c1cccc(C#N)c1. The van der Waals surface area contributed by atoms with Gasteiger partial charge in [-0.05, 0) is 32.0 Å². The van der Waals surface area contributed by atoms with Crippen molar-refractivity contribution in [2.24, 2.45) is 0 Å². The number of nitriles is 1. The van der Waals surface area contributed by atoms with Gasteiger partial charge < -0.3 is 9.42 Å². The van der Waals surface area contributed by atoms with Crippen LogP contribution in [0.4, 0.5) is 5.69 Å². The molecule has 1 amide bonds. The third kappa shape index (κ3) is 3.43. The number of amides is 1. The molecule has 0 saturated heterocycles. The van der Waals surface area contributed by atoms with Gasteiger partial charge in [0.1, 0.15) is 5.69 Å². The Bertz CT molecular complexity index is 923. The van der Waals surface area contributed by atoms with Gasteiger partial charge in [-0.1, -0.05) is 41.6 Å². The molecule has 3 rings (SSSR count). The number of carbonyl (C=O) groups is 1. The van der Waals surface area contributed by atoms with Crippen molar-refractivity contribution in [2.45, 2.75) is 19.9 Å². The van der Waals surface area contributed by atoms with Crippen LogP contribution in [-0.4, -0.2) is 17.1 Å². The van der Waals surface area contributed by atoms with Crippen molar-refractivity contribution in [2.75, 3.05) is 4.90 Å². The number of anilines is 1. The molecule has 0 aliphatic rings. The molecule has 0 saturated carbocycles. The lowest BCUT2D eigenvalue weighted by Gasteiger charge is -2.25. The molecular weight excluding hydrogens is 314 g/mol. The summed E-state index contributed by atoms with van der Waals surface area (Å²) < 4.78 is 5.28. The summed E-state index contributed by atoms with van der Waals surface area (Å²) in [6, 6.07) is 20.1. The summed E-state index contributed by atoms with van der Waals surface area (Å²) in [5, 5.41) is 13.1. The average Bonchev–Trinajstić information content (AvgIpc) is 3.12. The van der Waals surface area contributed by atoms with Crippen molar-refractivity contribution in [1.82, 2.24) is 5.16 Å². The Morgan fingerprint density at radius 2 is 1.88 bits per heavy atom. The molecule has 3 aromatic rings. The summed E-state index contributed by atoms with van der Waals surface area (Å²) in [5.41, 5.74) is 2.64. The zero-order valence-corrected chi connectivity index (χ0v) is 14.0. The first-order chi connectivity index (χ1) is 12.1. The fraction of sp³-hybridized carbons (Fsp3) is 0.150. The number of hydrogen-bond acceptors (Lipinski definition) is 4. The number of aromatic nitrogens is 1. The second kappa shape index (κ2) is 7.02. The van der Waals surface area contributed by atoms with Gasteiger partial charge in [-0.25, -0.2) is 0 Å². The summed E-state index contributed by atoms with van der Waals surface area (Å²) in [5.74, 6) is -0.130. The number of rotatable bonds is 4. The van der Waals surface area contributed by atoms with Crippen LogP contribution in [0.25, 0.3) is 11.3 Å². The first-order valence-electron chi connectivity index (χ1n) is 7.96. The van der Waals surface area contributed by atoms with Gasteiger partial charge in [0.05, 0.1) is 11.6 Å². The Morgan fingerprint density at radius 3 is 2.56 bits per heavy atom. The zero-order chi connectivity index (χ0) is 17.8. The molecule has 5 nitrogen and oxygen atoms in total. The van der Waals surface area contributed by atoms with Crippen LogP contribution in [0.2, 0.25) is 0 Å². The maximum atomic E-state index is 12.9. The molecular formula is C20H17N3O2. The topological polar surface area (TPSA) is 70.1 Å². The van der Waals surface area contributed by atoms with Gasteiger partial charge >= 0.3 is 0 Å². The summed E-state index contributed by atoms with van der Waals surface area (Å²) >= 11 is 0. The van der Waals surface area contributed by atoms with E-state index in [1.165, 1.54) is 0 Å². The van der Waals surface area contributed by atoms with E-state index in [-0.39, 0.29) is 17.7 Å². The molecule has 0 spiro atoms. The van der Waals surface area contributed by atoms with E-state index < -0.39 is 0 Å². The van der Waals surface area contributed by atoms with Crippen molar-refractivity contribution in [1.29, 1.82) is 5.26 Å². The number of carbonyl (C=O) groups excluding carboxylic acids is 1. The van der Waals surface area contributed by atoms with Gasteiger partial charge in [0, 0.05) is 23.4 Å². The van der Waals surface area contributed by atoms with Gasteiger partial charge in [-0.3, -0.25) is 4.79 Å². The molecule has 0 atom stereocenters. The normalized spacial score (nSPS) is 10.5. The second-order valence-electron chi connectivity index (χ2n) is 5.87. The third-order valence-corrected chi connectivity index (χ3v) is 3.78. The van der Waals surface area contributed by atoms with Crippen molar-refractivity contribution in [3.63, 3.8) is 0 Å². The van der Waals surface area contributed by atoms with Crippen LogP contribution in [-0.2, 0) is 0 Å². The Labute approximate surface area is 146 Å². The van der Waals surface area contributed by atoms with E-state index in [0.717, 1.165) is 5.56 Å². The molecule has 2 aromatic carbocycles. The Hall–Kier alpha value is -3.39. The van der Waals surface area contributed by atoms with E-state index >= 15 is 0 Å². The smallest absolute Gasteiger partial charge is 0.297 e. The molecule has 1 heterocycles. The summed E-state index contributed by atoms with van der Waals surface area (Å²) in [6.07, 6.45) is 0. The quantitative estimate of drug-likeness (QED) is 0.716. The molecule has 25 heavy (non-hydrogen) atoms. The lowest BCUT2D eigenvalue weighted by Crippen LogP contribution is -2.36. The molecule has 0 aliphatic heterocycles. The van der Waals surface area contributed by atoms with Crippen LogP contribution < -0.4 is 4.90 Å². The molecule has 5 heteroatoms. The first kappa shape index (κ1) is 16.5. The fourth-order valence-corrected chi connectivity index (χ4v) is 2.61. The van der Waals surface area contributed by atoms with Crippen LogP contribution in [0, 0.1) is 11.3 Å². The molecule has 0 N–H and O–H groups in total. The van der Waals surface area contributed by atoms with Crippen molar-refractivity contribution in [3.05, 3.63) is 72.0 Å². The maximum absolute atomic E-state index is 12.9. The van der Waals surface area contributed by atoms with E-state index in [1.807, 2.05) is 44.2 Å². The van der Waals surface area contributed by atoms with Gasteiger partial charge in [0.15, 0.2) is 0 Å². The minimum atomic E-state index is -0.292. The van der Waals surface area contributed by atoms with Crippen molar-refractivity contribution >= 4 is 11.6 Å². The lowest BCUT2D eigenvalue weighted by molar-refractivity contribution is 0.0944. The third-order valence-electron chi connectivity index (χ3n) is 3.78. The Balaban J connectivity index is 1.94. The summed E-state index contributed by atoms with van der Waals surface area (Å²) in [4.78, 5) is 14.5. The highest BCUT2D eigenvalue weighted by Gasteiger charge is 2.25. The first-order valence-corrected chi connectivity index (χ1v) is 7.96. The fourth-order valence-electron chi connectivity index (χ4n) is 2.61. The van der Waals surface area contributed by atoms with Gasteiger partial charge in [-0.15, -0.1) is 0 Å². The summed E-state index contributed by atoms with van der Waals surface area (Å²) in [6.45, 7) is 3.82. The molecule has 0 unspecified atom stereocenters. The van der Waals surface area contributed by atoms with Crippen LogP contribution in [0.1, 0.15) is 30.0 Å². The summed E-state index contributed by atoms with van der Waals surface area (Å²) in [7, 11) is 0. The predicted octanol–water partition coefficient (Wildman–Crippen LogP) is 4.27. The molecule has 0 fully saturated rings. The molecule has 1 aromatic heterocycles. The highest BCUT2D eigenvalue weighted by atomic mass is 16.5. The highest BCUT2D eigenvalue weighted by molar-refractivity contribution is 6.05. The Kier molecular flexibility index (Phi) is 4.62. The van der Waals surface area contributed by atoms with Crippen LogP contribution in [0.3, 0.4) is 0 Å². The maximum Gasteiger partial charge on any atom is 0.297 e. The van der Waals surface area contributed by atoms with Crippen LogP contribution in [0.5, 0.6) is 0 Å². The van der Waals surface area contributed by atoms with E-state index in [4.69, 9.17) is 9.78 Å².